The zero-order valence-electron chi connectivity index (χ0n) is 12.4. The molecule has 0 saturated heterocycles. The van der Waals surface area contributed by atoms with E-state index in [-0.39, 0.29) is 5.91 Å². The second-order valence-electron chi connectivity index (χ2n) is 4.55. The van der Waals surface area contributed by atoms with Gasteiger partial charge in [-0.15, -0.1) is 11.3 Å². The smallest absolute Gasteiger partial charge is 0.406 e. The van der Waals surface area contributed by atoms with E-state index in [9.17, 15) is 9.59 Å². The molecule has 22 heavy (non-hydrogen) atoms. The van der Waals surface area contributed by atoms with E-state index in [0.717, 1.165) is 22.0 Å². The molecule has 0 fully saturated rings. The van der Waals surface area contributed by atoms with Crippen LogP contribution in [0.2, 0.25) is 0 Å². The Morgan fingerprint density at radius 3 is 2.64 bits per heavy atom. The number of benzene rings is 1. The lowest BCUT2D eigenvalue weighted by molar-refractivity contribution is -0.114. The number of amides is 2. The number of rotatable bonds is 5. The van der Waals surface area contributed by atoms with Gasteiger partial charge in [0.15, 0.2) is 0 Å². The molecular formula is C15H17N3O3S. The highest BCUT2D eigenvalue weighted by Crippen LogP contribution is 2.23. The van der Waals surface area contributed by atoms with Crippen LogP contribution < -0.4 is 10.6 Å². The first kappa shape index (κ1) is 16.0. The molecule has 2 N–H and O–H groups in total. The Labute approximate surface area is 132 Å². The third-order valence-corrected chi connectivity index (χ3v) is 3.75. The van der Waals surface area contributed by atoms with Crippen molar-refractivity contribution >= 4 is 29.0 Å². The molecule has 6 nitrogen and oxygen atoms in total. The van der Waals surface area contributed by atoms with Gasteiger partial charge in [-0.3, -0.25) is 4.79 Å². The summed E-state index contributed by atoms with van der Waals surface area (Å²) in [6, 6.07) is 7.51. The molecule has 0 saturated carbocycles. The maximum Gasteiger partial charge on any atom is 0.406 e. The molecule has 2 rings (SSSR count). The summed E-state index contributed by atoms with van der Waals surface area (Å²) >= 11 is 1.55. The Hall–Kier alpha value is -2.41. The van der Waals surface area contributed by atoms with Crippen molar-refractivity contribution < 1.29 is 14.3 Å². The fourth-order valence-corrected chi connectivity index (χ4v) is 2.64. The molecule has 116 valence electrons. The standard InChI is InChI=1S/C15H17N3O3S/c1-10(19)17-12-5-3-11(4-6-12)13-9-22-14(18-13)7-8-16-15(20)21-2/h3-6,9H,7-8H2,1-2H3,(H,16,20)(H,17,19). The summed E-state index contributed by atoms with van der Waals surface area (Å²) in [5, 5.41) is 8.26. The van der Waals surface area contributed by atoms with Crippen molar-refractivity contribution in [2.24, 2.45) is 0 Å². The molecule has 1 aromatic carbocycles. The maximum atomic E-state index is 11.0. The maximum absolute atomic E-state index is 11.0. The minimum absolute atomic E-state index is 0.0956. The largest absolute Gasteiger partial charge is 0.453 e. The number of aromatic nitrogens is 1. The number of alkyl carbamates (subject to hydrolysis) is 1. The molecule has 1 aromatic heterocycles. The molecule has 7 heteroatoms. The van der Waals surface area contributed by atoms with Crippen LogP contribution in [0.15, 0.2) is 29.6 Å². The average molecular weight is 319 g/mol. The first-order valence-corrected chi connectivity index (χ1v) is 7.60. The van der Waals surface area contributed by atoms with Crippen molar-refractivity contribution in [1.29, 1.82) is 0 Å². The molecular weight excluding hydrogens is 302 g/mol. The topological polar surface area (TPSA) is 80.3 Å². The quantitative estimate of drug-likeness (QED) is 0.888. The van der Waals surface area contributed by atoms with Crippen LogP contribution in [0.1, 0.15) is 11.9 Å². The average Bonchev–Trinajstić information content (AvgIpc) is 2.96. The van der Waals surface area contributed by atoms with E-state index in [4.69, 9.17) is 0 Å². The first-order valence-electron chi connectivity index (χ1n) is 6.72. The molecule has 0 spiro atoms. The highest BCUT2D eigenvalue weighted by atomic mass is 32.1. The van der Waals surface area contributed by atoms with Gasteiger partial charge in [0.25, 0.3) is 0 Å². The van der Waals surface area contributed by atoms with E-state index in [1.807, 2.05) is 29.6 Å². The van der Waals surface area contributed by atoms with Crippen LogP contribution in [0, 0.1) is 0 Å². The van der Waals surface area contributed by atoms with Crippen molar-refractivity contribution in [3.63, 3.8) is 0 Å². The van der Waals surface area contributed by atoms with E-state index in [2.05, 4.69) is 20.4 Å². The minimum atomic E-state index is -0.440. The Morgan fingerprint density at radius 2 is 2.00 bits per heavy atom. The van der Waals surface area contributed by atoms with Gasteiger partial charge in [-0.05, 0) is 12.1 Å². The van der Waals surface area contributed by atoms with Crippen molar-refractivity contribution in [2.45, 2.75) is 13.3 Å². The zero-order valence-corrected chi connectivity index (χ0v) is 13.2. The number of hydrogen-bond acceptors (Lipinski definition) is 5. The molecule has 0 aliphatic rings. The number of nitrogens with one attached hydrogen (secondary N) is 2. The summed E-state index contributed by atoms with van der Waals surface area (Å²) in [4.78, 5) is 26.5. The number of methoxy groups -OCH3 is 1. The van der Waals surface area contributed by atoms with Crippen molar-refractivity contribution in [3.05, 3.63) is 34.7 Å². The zero-order chi connectivity index (χ0) is 15.9. The summed E-state index contributed by atoms with van der Waals surface area (Å²) < 4.78 is 4.50. The van der Waals surface area contributed by atoms with E-state index >= 15 is 0 Å². The van der Waals surface area contributed by atoms with Gasteiger partial charge >= 0.3 is 6.09 Å². The van der Waals surface area contributed by atoms with Crippen LogP contribution in [0.4, 0.5) is 10.5 Å². The summed E-state index contributed by atoms with van der Waals surface area (Å²) in [7, 11) is 1.33. The Kier molecular flexibility index (Phi) is 5.48. The fourth-order valence-electron chi connectivity index (χ4n) is 1.83. The molecule has 0 unspecified atom stereocenters. The number of ether oxygens (including phenoxy) is 1. The van der Waals surface area contributed by atoms with Crippen LogP contribution in [0.5, 0.6) is 0 Å². The first-order chi connectivity index (χ1) is 10.6. The van der Waals surface area contributed by atoms with Gasteiger partial charge in [-0.25, -0.2) is 9.78 Å². The molecule has 0 bridgehead atoms. The van der Waals surface area contributed by atoms with Gasteiger partial charge < -0.3 is 15.4 Å². The molecule has 2 aromatic rings. The van der Waals surface area contributed by atoms with Crippen LogP contribution >= 0.6 is 11.3 Å². The number of carbonyl (C=O) groups excluding carboxylic acids is 2. The van der Waals surface area contributed by atoms with Gasteiger partial charge in [-0.1, -0.05) is 12.1 Å². The van der Waals surface area contributed by atoms with E-state index < -0.39 is 6.09 Å². The molecule has 0 aliphatic carbocycles. The number of thiazole rings is 1. The number of hydrogen-bond donors (Lipinski definition) is 2. The van der Waals surface area contributed by atoms with Crippen molar-refractivity contribution in [1.82, 2.24) is 10.3 Å². The molecule has 1 heterocycles. The Morgan fingerprint density at radius 1 is 1.27 bits per heavy atom. The normalized spacial score (nSPS) is 10.1. The summed E-state index contributed by atoms with van der Waals surface area (Å²) in [6.07, 6.45) is 0.217. The number of nitrogens with zero attached hydrogens (tertiary/aromatic N) is 1. The van der Waals surface area contributed by atoms with Crippen molar-refractivity contribution in [2.75, 3.05) is 19.0 Å². The Bertz CT molecular complexity index is 652. The van der Waals surface area contributed by atoms with Gasteiger partial charge in [-0.2, -0.15) is 0 Å². The van der Waals surface area contributed by atoms with Gasteiger partial charge in [0.05, 0.1) is 17.8 Å². The lowest BCUT2D eigenvalue weighted by Gasteiger charge is -2.03. The van der Waals surface area contributed by atoms with Crippen molar-refractivity contribution in [3.8, 4) is 11.3 Å². The lowest BCUT2D eigenvalue weighted by atomic mass is 10.1. The number of carbonyl (C=O) groups is 2. The monoisotopic (exact) mass is 319 g/mol. The third-order valence-electron chi connectivity index (χ3n) is 2.85. The SMILES string of the molecule is COC(=O)NCCc1nc(-c2ccc(NC(C)=O)cc2)cs1. The molecule has 0 aliphatic heterocycles. The van der Waals surface area contributed by atoms with E-state index in [1.165, 1.54) is 14.0 Å². The molecule has 0 atom stereocenters. The summed E-state index contributed by atoms with van der Waals surface area (Å²) in [5.74, 6) is -0.0956. The highest BCUT2D eigenvalue weighted by molar-refractivity contribution is 7.09. The molecule has 0 radical (unpaired) electrons. The van der Waals surface area contributed by atoms with Gasteiger partial charge in [0.1, 0.15) is 0 Å². The predicted molar refractivity (Wildman–Crippen MR) is 86.0 cm³/mol. The molecule has 2 amide bonds. The fraction of sp³-hybridized carbons (Fsp3) is 0.267. The second kappa shape index (κ2) is 7.56. The lowest BCUT2D eigenvalue weighted by Crippen LogP contribution is -2.25. The van der Waals surface area contributed by atoms with E-state index in [1.54, 1.807) is 11.3 Å². The van der Waals surface area contributed by atoms with Crippen LogP contribution in [-0.4, -0.2) is 30.6 Å². The Balaban J connectivity index is 1.95. The number of anilines is 1. The minimum Gasteiger partial charge on any atom is -0.453 e. The predicted octanol–water partition coefficient (Wildman–Crippen LogP) is 2.67. The van der Waals surface area contributed by atoms with Crippen LogP contribution in [0.3, 0.4) is 0 Å². The summed E-state index contributed by atoms with van der Waals surface area (Å²) in [5.41, 5.74) is 2.62. The third kappa shape index (κ3) is 4.56. The second-order valence-corrected chi connectivity index (χ2v) is 5.50. The highest BCUT2D eigenvalue weighted by Gasteiger charge is 2.06. The summed E-state index contributed by atoms with van der Waals surface area (Å²) in [6.45, 7) is 1.96. The van der Waals surface area contributed by atoms with Gasteiger partial charge in [0.2, 0.25) is 5.91 Å². The van der Waals surface area contributed by atoms with Crippen LogP contribution in [-0.2, 0) is 16.0 Å². The van der Waals surface area contributed by atoms with Crippen LogP contribution in [0.25, 0.3) is 11.3 Å². The van der Waals surface area contributed by atoms with E-state index in [0.29, 0.717) is 13.0 Å². The van der Waals surface area contributed by atoms with Gasteiger partial charge in [0, 0.05) is 36.5 Å².